The van der Waals surface area contributed by atoms with E-state index in [-0.39, 0.29) is 0 Å². The smallest absolute Gasteiger partial charge is 0.303 e. The molecule has 1 fully saturated rings. The quantitative estimate of drug-likeness (QED) is 0.149. The van der Waals surface area contributed by atoms with Gasteiger partial charge in [-0.3, -0.25) is 19.8 Å². The van der Waals surface area contributed by atoms with Gasteiger partial charge in [-0.05, 0) is 0 Å². The van der Waals surface area contributed by atoms with E-state index >= 15 is 0 Å². The van der Waals surface area contributed by atoms with Gasteiger partial charge in [0.2, 0.25) is 18.3 Å². The molecule has 0 aromatic heterocycles. The summed E-state index contributed by atoms with van der Waals surface area (Å²) in [6.45, 7) is 2.79. The summed E-state index contributed by atoms with van der Waals surface area (Å²) >= 11 is 16.8. The molecule has 1 aliphatic heterocycles. The summed E-state index contributed by atoms with van der Waals surface area (Å²) in [5.41, 5.74) is 0. The molecule has 0 bridgehead atoms. The molecule has 1 saturated heterocycles. The third kappa shape index (κ3) is 7.79. The number of hydrogen-bond donors (Lipinski definition) is 1. The van der Waals surface area contributed by atoms with Crippen molar-refractivity contribution < 1.29 is 42.9 Å². The maximum absolute atomic E-state index is 11.5. The van der Waals surface area contributed by atoms with E-state index in [9.17, 15) is 19.2 Å². The highest BCUT2D eigenvalue weighted by atomic mass is 35.6. The van der Waals surface area contributed by atoms with Gasteiger partial charge in [-0.25, -0.2) is 4.79 Å². The Morgan fingerprint density at radius 1 is 1.03 bits per heavy atom. The molecule has 11 nitrogen and oxygen atoms in total. The minimum Gasteiger partial charge on any atom is -0.463 e. The van der Waals surface area contributed by atoms with Gasteiger partial charge in [-0.15, -0.1) is 0 Å². The second-order valence-electron chi connectivity index (χ2n) is 5.65. The van der Waals surface area contributed by atoms with E-state index in [1.165, 1.54) is 6.08 Å². The number of nitrogens with zero attached hydrogens (tertiary/aromatic N) is 1. The second-order valence-corrected chi connectivity index (χ2v) is 7.93. The van der Waals surface area contributed by atoms with Crippen LogP contribution < -0.4 is 0 Å². The van der Waals surface area contributed by atoms with E-state index in [1.807, 2.05) is 0 Å². The van der Waals surface area contributed by atoms with Crippen LogP contribution in [-0.2, 0) is 42.9 Å². The average Bonchev–Trinajstić information content (AvgIpc) is 2.56. The SMILES string of the molecule is CC(=O)OCC1OC(OC(=N)C(Cl)(Cl)Cl)C(OC(C)=O)C(N=C=O)C1OC(C)=O. The first-order chi connectivity index (χ1) is 13.4. The Bertz CT molecular complexity index is 706. The fraction of sp³-hybridized carbons (Fsp3) is 0.667. The number of nitrogens with one attached hydrogen (secondary N) is 1. The Balaban J connectivity index is 3.35. The molecule has 0 saturated carbocycles. The van der Waals surface area contributed by atoms with Crippen molar-refractivity contribution in [3.05, 3.63) is 0 Å². The summed E-state index contributed by atoms with van der Waals surface area (Å²) in [5, 5.41) is 7.70. The number of aliphatic imine (C=N–C) groups is 1. The summed E-state index contributed by atoms with van der Waals surface area (Å²) in [6.07, 6.45) is -4.42. The van der Waals surface area contributed by atoms with Crippen LogP contribution in [0.5, 0.6) is 0 Å². The van der Waals surface area contributed by atoms with Crippen molar-refractivity contribution in [3.63, 3.8) is 0 Å². The maximum Gasteiger partial charge on any atom is 0.303 e. The molecular weight excluding hydrogens is 459 g/mol. The van der Waals surface area contributed by atoms with Crippen molar-refractivity contribution >= 4 is 64.7 Å². The highest BCUT2D eigenvalue weighted by Crippen LogP contribution is 2.33. The van der Waals surface area contributed by atoms with Crippen LogP contribution in [0, 0.1) is 5.41 Å². The fourth-order valence-corrected chi connectivity index (χ4v) is 2.50. The van der Waals surface area contributed by atoms with Crippen LogP contribution in [0.1, 0.15) is 20.8 Å². The third-order valence-electron chi connectivity index (χ3n) is 3.36. The fourth-order valence-electron chi connectivity index (χ4n) is 2.37. The van der Waals surface area contributed by atoms with E-state index in [0.29, 0.717) is 0 Å². The summed E-state index contributed by atoms with van der Waals surface area (Å²) < 4.78 is 23.5. The Morgan fingerprint density at radius 3 is 2.03 bits per heavy atom. The average molecular weight is 476 g/mol. The molecule has 0 aromatic carbocycles. The summed E-state index contributed by atoms with van der Waals surface area (Å²) in [5.74, 6) is -3.19. The minimum atomic E-state index is -2.29. The van der Waals surface area contributed by atoms with E-state index in [4.69, 9.17) is 63.9 Å². The summed E-state index contributed by atoms with van der Waals surface area (Å²) in [7, 11) is 0. The lowest BCUT2D eigenvalue weighted by atomic mass is 9.96. The standard InChI is InChI=1S/C15H17Cl3N2O9/c1-6(22)25-4-9-11(26-7(2)23)10(20-5-21)12(27-8(3)24)13(28-9)29-14(19)15(16,17)18/h9-13,19H,4H2,1-3H3. The normalized spacial score (nSPS) is 26.5. The molecule has 162 valence electrons. The lowest BCUT2D eigenvalue weighted by Gasteiger charge is -2.42. The number of carbonyl (C=O) groups excluding carboxylic acids is 4. The maximum atomic E-state index is 11.5. The molecule has 0 radical (unpaired) electrons. The van der Waals surface area contributed by atoms with Crippen molar-refractivity contribution in [2.45, 2.75) is 55.2 Å². The molecule has 1 heterocycles. The van der Waals surface area contributed by atoms with Crippen molar-refractivity contribution in [2.75, 3.05) is 6.61 Å². The Morgan fingerprint density at radius 2 is 1.59 bits per heavy atom. The van der Waals surface area contributed by atoms with E-state index in [0.717, 1.165) is 20.8 Å². The molecule has 1 aliphatic rings. The zero-order valence-corrected chi connectivity index (χ0v) is 17.6. The first-order valence-electron chi connectivity index (χ1n) is 7.89. The van der Waals surface area contributed by atoms with Gasteiger partial charge in [-0.1, -0.05) is 34.8 Å². The molecule has 0 aromatic rings. The molecule has 0 aliphatic carbocycles. The molecule has 1 rings (SSSR count). The Kier molecular flexibility index (Phi) is 9.31. The lowest BCUT2D eigenvalue weighted by Crippen LogP contribution is -2.61. The van der Waals surface area contributed by atoms with E-state index < -0.39 is 64.8 Å². The molecule has 0 spiro atoms. The molecular formula is C15H17Cl3N2O9. The molecule has 0 amide bonds. The number of ether oxygens (including phenoxy) is 5. The Labute approximate surface area is 180 Å². The van der Waals surface area contributed by atoms with Gasteiger partial charge in [0.05, 0.1) is 0 Å². The van der Waals surface area contributed by atoms with Crippen LogP contribution in [0.2, 0.25) is 0 Å². The van der Waals surface area contributed by atoms with Gasteiger partial charge >= 0.3 is 17.9 Å². The molecule has 5 atom stereocenters. The van der Waals surface area contributed by atoms with Crippen molar-refractivity contribution in [2.24, 2.45) is 4.99 Å². The first-order valence-corrected chi connectivity index (χ1v) is 9.02. The molecule has 14 heteroatoms. The van der Waals surface area contributed by atoms with Gasteiger partial charge in [0.1, 0.15) is 18.8 Å². The van der Waals surface area contributed by atoms with Gasteiger partial charge in [0.15, 0.2) is 12.2 Å². The molecule has 5 unspecified atom stereocenters. The monoisotopic (exact) mass is 474 g/mol. The largest absolute Gasteiger partial charge is 0.463 e. The lowest BCUT2D eigenvalue weighted by molar-refractivity contribution is -0.263. The van der Waals surface area contributed by atoms with Crippen LogP contribution >= 0.6 is 34.8 Å². The predicted octanol–water partition coefficient (Wildman–Crippen LogP) is 1.21. The predicted molar refractivity (Wildman–Crippen MR) is 97.4 cm³/mol. The van der Waals surface area contributed by atoms with Crippen molar-refractivity contribution in [1.29, 1.82) is 5.41 Å². The van der Waals surface area contributed by atoms with Gasteiger partial charge < -0.3 is 23.7 Å². The van der Waals surface area contributed by atoms with Gasteiger partial charge in [0.25, 0.3) is 3.79 Å². The summed E-state index contributed by atoms with van der Waals surface area (Å²) in [6, 6.07) is -1.39. The number of halogens is 3. The van der Waals surface area contributed by atoms with Crippen LogP contribution in [0.15, 0.2) is 4.99 Å². The topological polar surface area (TPSA) is 151 Å². The minimum absolute atomic E-state index is 0.452. The first kappa shape index (κ1) is 25.1. The van der Waals surface area contributed by atoms with Gasteiger partial charge in [0, 0.05) is 20.8 Å². The van der Waals surface area contributed by atoms with E-state index in [2.05, 4.69) is 4.99 Å². The highest BCUT2D eigenvalue weighted by molar-refractivity contribution is 6.76. The van der Waals surface area contributed by atoms with E-state index in [1.54, 1.807) is 0 Å². The zero-order valence-electron chi connectivity index (χ0n) is 15.3. The highest BCUT2D eigenvalue weighted by Gasteiger charge is 2.52. The van der Waals surface area contributed by atoms with Crippen LogP contribution in [0.4, 0.5) is 0 Å². The van der Waals surface area contributed by atoms with Crippen molar-refractivity contribution in [3.8, 4) is 0 Å². The van der Waals surface area contributed by atoms with Crippen LogP contribution in [0.25, 0.3) is 0 Å². The van der Waals surface area contributed by atoms with Crippen LogP contribution in [0.3, 0.4) is 0 Å². The van der Waals surface area contributed by atoms with Crippen LogP contribution in [-0.4, -0.2) is 70.9 Å². The number of isocyanates is 1. The molecule has 29 heavy (non-hydrogen) atoms. The number of hydrogen-bond acceptors (Lipinski definition) is 11. The summed E-state index contributed by atoms with van der Waals surface area (Å²) in [4.78, 5) is 48.7. The molecule has 1 N–H and O–H groups in total. The van der Waals surface area contributed by atoms with Crippen molar-refractivity contribution in [1.82, 2.24) is 0 Å². The third-order valence-corrected chi connectivity index (χ3v) is 3.88. The van der Waals surface area contributed by atoms with Gasteiger partial charge in [-0.2, -0.15) is 4.99 Å². The number of alkyl halides is 3. The Hall–Kier alpha value is -1.91. The second kappa shape index (κ2) is 10.7. The zero-order chi connectivity index (χ0) is 22.4. The number of esters is 3. The number of carbonyl (C=O) groups is 3. The number of rotatable bonds is 6.